The van der Waals surface area contributed by atoms with Crippen LogP contribution in [0.3, 0.4) is 0 Å². The average molecular weight is 450 g/mol. The average Bonchev–Trinajstić information content (AvgIpc) is 3.44. The van der Waals surface area contributed by atoms with Gasteiger partial charge in [-0.1, -0.05) is 6.92 Å². The van der Waals surface area contributed by atoms with Crippen molar-refractivity contribution in [3.8, 4) is 11.5 Å². The summed E-state index contributed by atoms with van der Waals surface area (Å²) in [5, 5.41) is 0. The lowest BCUT2D eigenvalue weighted by Crippen LogP contribution is -2.13. The molecule has 3 aromatic heterocycles. The lowest BCUT2D eigenvalue weighted by molar-refractivity contribution is -0.137. The molecule has 0 saturated heterocycles. The van der Waals surface area contributed by atoms with Gasteiger partial charge in [0.05, 0.1) is 20.2 Å². The molecule has 31 heavy (non-hydrogen) atoms. The first-order chi connectivity index (χ1) is 14.5. The topological polar surface area (TPSA) is 96.9 Å². The van der Waals surface area contributed by atoms with Crippen LogP contribution >= 0.6 is 0 Å². The normalized spacial score (nSPS) is 17.9. The molecule has 7 nitrogen and oxygen atoms in total. The van der Waals surface area contributed by atoms with Crippen molar-refractivity contribution in [3.05, 3.63) is 35.7 Å². The van der Waals surface area contributed by atoms with E-state index in [1.807, 2.05) is 6.21 Å². The predicted molar refractivity (Wildman–Crippen MR) is 112 cm³/mol. The molecular formula is C20H21F3N6OS. The van der Waals surface area contributed by atoms with E-state index in [2.05, 4.69) is 19.9 Å². The molecule has 0 aliphatic heterocycles. The van der Waals surface area contributed by atoms with E-state index in [0.717, 1.165) is 30.7 Å². The Kier molecular flexibility index (Phi) is 4.91. The van der Waals surface area contributed by atoms with E-state index in [0.29, 0.717) is 0 Å². The van der Waals surface area contributed by atoms with Crippen molar-refractivity contribution in [2.45, 2.75) is 36.3 Å². The zero-order valence-electron chi connectivity index (χ0n) is 17.2. The molecule has 1 unspecified atom stereocenters. The van der Waals surface area contributed by atoms with Crippen molar-refractivity contribution in [1.29, 1.82) is 4.78 Å². The van der Waals surface area contributed by atoms with Gasteiger partial charge in [-0.2, -0.15) is 13.2 Å². The van der Waals surface area contributed by atoms with Crippen LogP contribution in [0.25, 0.3) is 22.7 Å². The number of hydrogen-bond donors (Lipinski definition) is 1. The van der Waals surface area contributed by atoms with Crippen molar-refractivity contribution < 1.29 is 17.4 Å². The molecule has 0 spiro atoms. The van der Waals surface area contributed by atoms with Gasteiger partial charge in [-0.3, -0.25) is 9.98 Å². The maximum atomic E-state index is 13.1. The summed E-state index contributed by atoms with van der Waals surface area (Å²) in [5.41, 5.74) is 0.151. The quantitative estimate of drug-likeness (QED) is 0.589. The van der Waals surface area contributed by atoms with E-state index >= 15 is 0 Å². The highest BCUT2D eigenvalue weighted by Gasteiger charge is 2.43. The largest absolute Gasteiger partial charge is 0.417 e. The van der Waals surface area contributed by atoms with Crippen LogP contribution in [0.5, 0.6) is 0 Å². The fraction of sp³-hybridized carbons (Fsp3) is 0.400. The molecule has 1 aliphatic carbocycles. The smallest absolute Gasteiger partial charge is 0.310 e. The number of halogens is 3. The number of nitrogens with zero attached hydrogens (tertiary/aromatic N) is 5. The SMILES string of the molecule is CCS(=N)(=O)c1cc(C2(C=NC)CC2)cnc1-c1nc2cc(C(F)(F)F)cnc2n1C. The summed E-state index contributed by atoms with van der Waals surface area (Å²) in [6.07, 6.45) is 1.46. The number of aliphatic imine (C=N–C) groups is 1. The molecule has 3 heterocycles. The second-order valence-electron chi connectivity index (χ2n) is 7.64. The maximum Gasteiger partial charge on any atom is 0.417 e. The predicted octanol–water partition coefficient (Wildman–Crippen LogP) is 4.21. The highest BCUT2D eigenvalue weighted by molar-refractivity contribution is 7.92. The fourth-order valence-electron chi connectivity index (χ4n) is 3.61. The van der Waals surface area contributed by atoms with Crippen molar-refractivity contribution >= 4 is 27.1 Å². The van der Waals surface area contributed by atoms with E-state index < -0.39 is 21.5 Å². The summed E-state index contributed by atoms with van der Waals surface area (Å²) in [4.78, 5) is 17.1. The van der Waals surface area contributed by atoms with Gasteiger partial charge < -0.3 is 4.57 Å². The van der Waals surface area contributed by atoms with Crippen LogP contribution in [0.15, 0.2) is 34.4 Å². The van der Waals surface area contributed by atoms with Gasteiger partial charge in [0.25, 0.3) is 0 Å². The minimum absolute atomic E-state index is 0.0499. The Labute approximate surface area is 177 Å². The Hall–Kier alpha value is -2.82. The van der Waals surface area contributed by atoms with Crippen LogP contribution in [-0.4, -0.2) is 42.7 Å². The Balaban J connectivity index is 1.93. The van der Waals surface area contributed by atoms with E-state index in [1.54, 1.807) is 33.3 Å². The molecule has 1 saturated carbocycles. The minimum atomic E-state index is -4.54. The first-order valence-corrected chi connectivity index (χ1v) is 11.4. The van der Waals surface area contributed by atoms with Crippen molar-refractivity contribution in [2.24, 2.45) is 12.0 Å². The van der Waals surface area contributed by atoms with E-state index in [9.17, 15) is 17.4 Å². The van der Waals surface area contributed by atoms with Crippen LogP contribution < -0.4 is 0 Å². The van der Waals surface area contributed by atoms with Crippen LogP contribution in [0.4, 0.5) is 13.2 Å². The van der Waals surface area contributed by atoms with Gasteiger partial charge in [-0.25, -0.2) is 19.0 Å². The summed E-state index contributed by atoms with van der Waals surface area (Å²) >= 11 is 0. The number of rotatable bonds is 5. The van der Waals surface area contributed by atoms with E-state index in [-0.39, 0.29) is 38.7 Å². The Morgan fingerprint density at radius 2 is 2.00 bits per heavy atom. The Morgan fingerprint density at radius 1 is 1.29 bits per heavy atom. The number of pyridine rings is 2. The van der Waals surface area contributed by atoms with Crippen molar-refractivity contribution in [2.75, 3.05) is 12.8 Å². The van der Waals surface area contributed by atoms with Crippen LogP contribution in [-0.2, 0) is 28.4 Å². The number of aromatic nitrogens is 4. The van der Waals surface area contributed by atoms with Crippen molar-refractivity contribution in [3.63, 3.8) is 0 Å². The van der Waals surface area contributed by atoms with Gasteiger partial charge >= 0.3 is 6.18 Å². The summed E-state index contributed by atoms with van der Waals surface area (Å²) in [6.45, 7) is 1.65. The molecular weight excluding hydrogens is 429 g/mol. The molecule has 164 valence electrons. The lowest BCUT2D eigenvalue weighted by atomic mass is 9.99. The third kappa shape index (κ3) is 3.60. The maximum absolute atomic E-state index is 13.1. The molecule has 1 atom stereocenters. The van der Waals surface area contributed by atoms with E-state index in [1.165, 1.54) is 4.57 Å². The number of nitrogens with one attached hydrogen (secondary N) is 1. The Bertz CT molecular complexity index is 1310. The fourth-order valence-corrected chi connectivity index (χ4v) is 4.69. The molecule has 0 aromatic carbocycles. The van der Waals surface area contributed by atoms with Crippen LogP contribution in [0, 0.1) is 4.78 Å². The van der Waals surface area contributed by atoms with Crippen LogP contribution in [0.2, 0.25) is 0 Å². The van der Waals surface area contributed by atoms with Gasteiger partial charge in [0.2, 0.25) is 0 Å². The highest BCUT2D eigenvalue weighted by atomic mass is 32.2. The molecule has 1 N–H and O–H groups in total. The second-order valence-corrected chi connectivity index (χ2v) is 10.0. The van der Waals surface area contributed by atoms with Gasteiger partial charge in [0.1, 0.15) is 11.2 Å². The summed E-state index contributed by atoms with van der Waals surface area (Å²) in [6, 6.07) is 2.64. The first kappa shape index (κ1) is 21.4. The third-order valence-corrected chi connectivity index (χ3v) is 7.44. The number of fused-ring (bicyclic) bond motifs is 1. The summed E-state index contributed by atoms with van der Waals surface area (Å²) in [5.74, 6) is 0.284. The molecule has 0 radical (unpaired) electrons. The van der Waals surface area contributed by atoms with E-state index in [4.69, 9.17) is 4.78 Å². The van der Waals surface area contributed by atoms with Crippen molar-refractivity contribution in [1.82, 2.24) is 19.5 Å². The molecule has 1 aliphatic rings. The Morgan fingerprint density at radius 3 is 2.58 bits per heavy atom. The number of alkyl halides is 3. The zero-order chi connectivity index (χ0) is 22.6. The van der Waals surface area contributed by atoms with Gasteiger partial charge in [-0.05, 0) is 30.5 Å². The van der Waals surface area contributed by atoms with Crippen LogP contribution in [0.1, 0.15) is 30.9 Å². The zero-order valence-corrected chi connectivity index (χ0v) is 18.0. The minimum Gasteiger partial charge on any atom is -0.310 e. The molecule has 3 aromatic rings. The van der Waals surface area contributed by atoms with Gasteiger partial charge in [-0.15, -0.1) is 0 Å². The second kappa shape index (κ2) is 7.11. The highest BCUT2D eigenvalue weighted by Crippen LogP contribution is 2.47. The van der Waals surface area contributed by atoms with Gasteiger partial charge in [0.15, 0.2) is 11.5 Å². The molecule has 1 fully saturated rings. The number of hydrogen-bond acceptors (Lipinski definition) is 6. The molecule has 4 rings (SSSR count). The first-order valence-electron chi connectivity index (χ1n) is 9.63. The number of aryl methyl sites for hydroxylation is 1. The summed E-state index contributed by atoms with van der Waals surface area (Å²) < 4.78 is 62.3. The third-order valence-electron chi connectivity index (χ3n) is 5.60. The molecule has 0 bridgehead atoms. The molecule has 11 heteroatoms. The number of imidazole rings is 1. The summed E-state index contributed by atoms with van der Waals surface area (Å²) in [7, 11) is 0.0966. The van der Waals surface area contributed by atoms with Gasteiger partial charge in [0, 0.05) is 43.9 Å². The standard InChI is InChI=1S/C20H21F3N6OS/c1-4-31(24,30)15-8-12(19(5-6-19)11-25-2)9-26-16(15)18-28-14-7-13(20(21,22)23)10-27-17(14)29(18)3/h7-11,24H,4-6H2,1-3H3. The lowest BCUT2D eigenvalue weighted by Gasteiger charge is -2.15. The molecule has 0 amide bonds. The monoisotopic (exact) mass is 450 g/mol.